The van der Waals surface area contributed by atoms with Gasteiger partial charge in [0.1, 0.15) is 17.2 Å². The Morgan fingerprint density at radius 3 is 2.59 bits per heavy atom. The highest BCUT2D eigenvalue weighted by molar-refractivity contribution is 7.89. The molecule has 2 heterocycles. The molecule has 0 aliphatic carbocycles. The molecule has 0 radical (unpaired) electrons. The van der Waals surface area contributed by atoms with Gasteiger partial charge in [0.05, 0.1) is 18.1 Å². The molecule has 0 unspecified atom stereocenters. The largest absolute Gasteiger partial charge is 0.460 e. The molecular weight excluding hydrogens is 370 g/mol. The van der Waals surface area contributed by atoms with Gasteiger partial charge in [0.2, 0.25) is 10.0 Å². The Hall–Kier alpha value is -2.49. The molecule has 1 N–H and O–H groups in total. The van der Waals surface area contributed by atoms with E-state index < -0.39 is 15.9 Å². The van der Waals surface area contributed by atoms with E-state index in [2.05, 4.69) is 10.5 Å². The van der Waals surface area contributed by atoms with Crippen molar-refractivity contribution >= 4 is 21.6 Å². The van der Waals surface area contributed by atoms with Crippen molar-refractivity contribution in [2.24, 2.45) is 5.10 Å². The summed E-state index contributed by atoms with van der Waals surface area (Å²) in [5.41, 5.74) is 3.14. The van der Waals surface area contributed by atoms with E-state index in [1.165, 1.54) is 28.6 Å². The van der Waals surface area contributed by atoms with E-state index in [1.54, 1.807) is 19.1 Å². The minimum atomic E-state index is -3.67. The number of hydrazone groups is 1. The maximum Gasteiger partial charge on any atom is 0.271 e. The number of furan rings is 1. The van der Waals surface area contributed by atoms with Crippen molar-refractivity contribution in [3.63, 3.8) is 0 Å². The summed E-state index contributed by atoms with van der Waals surface area (Å²) in [7, 11) is -3.67. The average Bonchev–Trinajstić information content (AvgIpc) is 3.13. The van der Waals surface area contributed by atoms with Gasteiger partial charge >= 0.3 is 0 Å². The number of ether oxygens (including phenoxy) is 1. The molecule has 0 saturated carbocycles. The second kappa shape index (κ2) is 8.03. The molecule has 1 aliphatic heterocycles. The molecule has 0 spiro atoms. The van der Waals surface area contributed by atoms with Gasteiger partial charge in [0.15, 0.2) is 0 Å². The lowest BCUT2D eigenvalue weighted by molar-refractivity contribution is 0.0730. The first-order valence-electron chi connectivity index (χ1n) is 8.47. The van der Waals surface area contributed by atoms with E-state index in [9.17, 15) is 13.2 Å². The number of sulfonamides is 1. The minimum absolute atomic E-state index is 0.0689. The van der Waals surface area contributed by atoms with Crippen molar-refractivity contribution in [3.05, 3.63) is 53.5 Å². The highest BCUT2D eigenvalue weighted by Crippen LogP contribution is 2.18. The third-order valence-electron chi connectivity index (χ3n) is 4.13. The summed E-state index contributed by atoms with van der Waals surface area (Å²) in [6.07, 6.45) is 0. The van der Waals surface area contributed by atoms with Crippen LogP contribution in [0.5, 0.6) is 0 Å². The Morgan fingerprint density at radius 2 is 1.93 bits per heavy atom. The number of carbonyl (C=O) groups excluding carboxylic acids is 1. The Kier molecular flexibility index (Phi) is 5.73. The number of hydrogen-bond donors (Lipinski definition) is 1. The molecule has 0 atom stereocenters. The van der Waals surface area contributed by atoms with E-state index in [-0.39, 0.29) is 10.5 Å². The van der Waals surface area contributed by atoms with Gasteiger partial charge in [-0.1, -0.05) is 6.07 Å². The molecule has 1 aromatic carbocycles. The molecule has 9 heteroatoms. The molecular formula is C18H21N3O5S. The number of amides is 1. The van der Waals surface area contributed by atoms with Crippen LogP contribution in [0.25, 0.3) is 0 Å². The number of nitrogens with one attached hydrogen (secondary N) is 1. The number of carbonyl (C=O) groups is 1. The van der Waals surface area contributed by atoms with Crippen LogP contribution in [0.4, 0.5) is 0 Å². The SMILES string of the molecule is C/C(=N/NC(=O)c1cccc(S(=O)(=O)N2CCOCC2)c1)c1ccc(C)o1. The van der Waals surface area contributed by atoms with Crippen molar-refractivity contribution in [3.8, 4) is 0 Å². The maximum atomic E-state index is 12.7. The molecule has 1 aliphatic rings. The van der Waals surface area contributed by atoms with Crippen LogP contribution < -0.4 is 5.43 Å². The standard InChI is InChI=1S/C18H21N3O5S/c1-13-6-7-17(26-13)14(2)19-20-18(22)15-4-3-5-16(12-15)27(23,24)21-8-10-25-11-9-21/h3-7,12H,8-11H2,1-2H3,(H,20,22)/b19-14-. The lowest BCUT2D eigenvalue weighted by Gasteiger charge is -2.26. The Morgan fingerprint density at radius 1 is 1.19 bits per heavy atom. The Bertz CT molecular complexity index is 959. The summed E-state index contributed by atoms with van der Waals surface area (Å²) < 4.78 is 37.4. The quantitative estimate of drug-likeness (QED) is 0.618. The van der Waals surface area contributed by atoms with Crippen LogP contribution in [0.1, 0.15) is 28.8 Å². The molecule has 0 bridgehead atoms. The summed E-state index contributed by atoms with van der Waals surface area (Å²) in [5.74, 6) is 0.792. The van der Waals surface area contributed by atoms with Crippen LogP contribution in [-0.2, 0) is 14.8 Å². The fourth-order valence-electron chi connectivity index (χ4n) is 2.62. The van der Waals surface area contributed by atoms with E-state index in [0.29, 0.717) is 37.8 Å². The molecule has 2 aromatic rings. The zero-order chi connectivity index (χ0) is 19.4. The average molecular weight is 391 g/mol. The summed E-state index contributed by atoms with van der Waals surface area (Å²) in [6, 6.07) is 9.46. The minimum Gasteiger partial charge on any atom is -0.460 e. The number of nitrogens with zero attached hydrogens (tertiary/aromatic N) is 2. The van der Waals surface area contributed by atoms with Crippen LogP contribution in [0.2, 0.25) is 0 Å². The first-order chi connectivity index (χ1) is 12.9. The van der Waals surface area contributed by atoms with Gasteiger partial charge in [-0.3, -0.25) is 4.79 Å². The zero-order valence-electron chi connectivity index (χ0n) is 15.1. The van der Waals surface area contributed by atoms with Crippen LogP contribution in [-0.4, -0.2) is 50.6 Å². The molecule has 3 rings (SSSR count). The highest BCUT2D eigenvalue weighted by Gasteiger charge is 2.26. The number of morpholine rings is 1. The van der Waals surface area contributed by atoms with Gasteiger partial charge in [-0.15, -0.1) is 0 Å². The smallest absolute Gasteiger partial charge is 0.271 e. The van der Waals surface area contributed by atoms with Gasteiger partial charge in [-0.2, -0.15) is 9.41 Å². The second-order valence-corrected chi connectivity index (χ2v) is 8.03. The van der Waals surface area contributed by atoms with Crippen molar-refractivity contribution in [2.75, 3.05) is 26.3 Å². The lowest BCUT2D eigenvalue weighted by atomic mass is 10.2. The molecule has 8 nitrogen and oxygen atoms in total. The molecule has 1 saturated heterocycles. The van der Waals surface area contributed by atoms with Gasteiger partial charge in [-0.05, 0) is 44.2 Å². The van der Waals surface area contributed by atoms with Crippen LogP contribution >= 0.6 is 0 Å². The fourth-order valence-corrected chi connectivity index (χ4v) is 4.07. The molecule has 1 fully saturated rings. The van der Waals surface area contributed by atoms with E-state index in [1.807, 2.05) is 6.92 Å². The summed E-state index contributed by atoms with van der Waals surface area (Å²) in [6.45, 7) is 4.84. The predicted molar refractivity (Wildman–Crippen MR) is 99.1 cm³/mol. The monoisotopic (exact) mass is 391 g/mol. The van der Waals surface area contributed by atoms with Gasteiger partial charge in [0.25, 0.3) is 5.91 Å². The summed E-state index contributed by atoms with van der Waals surface area (Å²) in [4.78, 5) is 12.4. The van der Waals surface area contributed by atoms with Crippen LogP contribution in [0.15, 0.2) is 50.8 Å². The summed E-state index contributed by atoms with van der Waals surface area (Å²) >= 11 is 0. The van der Waals surface area contributed by atoms with Crippen molar-refractivity contribution in [1.29, 1.82) is 0 Å². The van der Waals surface area contributed by atoms with E-state index >= 15 is 0 Å². The third kappa shape index (κ3) is 4.44. The lowest BCUT2D eigenvalue weighted by Crippen LogP contribution is -2.40. The molecule has 1 amide bonds. The predicted octanol–water partition coefficient (Wildman–Crippen LogP) is 1.76. The third-order valence-corrected chi connectivity index (χ3v) is 6.02. The normalized spacial score (nSPS) is 16.3. The molecule has 27 heavy (non-hydrogen) atoms. The van der Waals surface area contributed by atoms with Crippen LogP contribution in [0, 0.1) is 6.92 Å². The second-order valence-electron chi connectivity index (χ2n) is 6.09. The fraction of sp³-hybridized carbons (Fsp3) is 0.333. The van der Waals surface area contributed by atoms with Crippen molar-refractivity contribution in [2.45, 2.75) is 18.7 Å². The Labute approximate surface area is 157 Å². The van der Waals surface area contributed by atoms with E-state index in [4.69, 9.17) is 9.15 Å². The first kappa shape index (κ1) is 19.3. The van der Waals surface area contributed by atoms with Gasteiger partial charge < -0.3 is 9.15 Å². The highest BCUT2D eigenvalue weighted by atomic mass is 32.2. The van der Waals surface area contributed by atoms with Gasteiger partial charge in [0, 0.05) is 18.7 Å². The number of rotatable bonds is 5. The molecule has 144 valence electrons. The maximum absolute atomic E-state index is 12.7. The zero-order valence-corrected chi connectivity index (χ0v) is 16.0. The van der Waals surface area contributed by atoms with Crippen LogP contribution in [0.3, 0.4) is 0 Å². The topological polar surface area (TPSA) is 101 Å². The number of benzene rings is 1. The van der Waals surface area contributed by atoms with Crippen molar-refractivity contribution in [1.82, 2.24) is 9.73 Å². The number of hydrogen-bond acceptors (Lipinski definition) is 6. The van der Waals surface area contributed by atoms with Gasteiger partial charge in [-0.25, -0.2) is 13.8 Å². The van der Waals surface area contributed by atoms with Crippen molar-refractivity contribution < 1.29 is 22.4 Å². The summed E-state index contributed by atoms with van der Waals surface area (Å²) in [5, 5.41) is 4.01. The number of aryl methyl sites for hydroxylation is 1. The first-order valence-corrected chi connectivity index (χ1v) is 9.91. The Balaban J connectivity index is 1.75. The van der Waals surface area contributed by atoms with E-state index in [0.717, 1.165) is 5.76 Å². The molecule has 1 aromatic heterocycles.